The van der Waals surface area contributed by atoms with E-state index in [0.717, 1.165) is 35.4 Å². The molecule has 1 aliphatic rings. The Balaban J connectivity index is 1.54. The molecule has 0 unspecified atom stereocenters. The van der Waals surface area contributed by atoms with Gasteiger partial charge in [-0.2, -0.15) is 0 Å². The Morgan fingerprint density at radius 1 is 0.920 bits per heavy atom. The van der Waals surface area contributed by atoms with Crippen LogP contribution in [0.25, 0.3) is 0 Å². The van der Waals surface area contributed by atoms with E-state index in [1.165, 1.54) is 5.56 Å². The van der Waals surface area contributed by atoms with Gasteiger partial charge in [-0.05, 0) is 62.9 Å². The minimum Gasteiger partial charge on any atom is -0.493 e. The van der Waals surface area contributed by atoms with Gasteiger partial charge in [-0.3, -0.25) is 9.59 Å². The fraction of sp³-hybridized carbons (Fsp3) is 0.333. The Labute approximate surface area is 148 Å². The number of unbranched alkanes of at least 4 members (excludes halogenated alkanes) is 1. The molecule has 0 N–H and O–H groups in total. The Kier molecular flexibility index (Phi) is 4.88. The number of benzene rings is 2. The summed E-state index contributed by atoms with van der Waals surface area (Å²) < 4.78 is 5.85. The van der Waals surface area contributed by atoms with Crippen LogP contribution in [-0.4, -0.2) is 24.8 Å². The summed E-state index contributed by atoms with van der Waals surface area (Å²) in [5.41, 5.74) is 4.54. The zero-order valence-corrected chi connectivity index (χ0v) is 15.0. The predicted octanol–water partition coefficient (Wildman–Crippen LogP) is 4.00. The lowest BCUT2D eigenvalue weighted by Gasteiger charge is -2.16. The number of Topliss-reactive ketones (excluding diaryl/α,β-unsaturated/α-hetero) is 1. The molecule has 0 atom stereocenters. The molecular formula is C21H23NO3. The predicted molar refractivity (Wildman–Crippen MR) is 98.5 cm³/mol. The van der Waals surface area contributed by atoms with Crippen LogP contribution < -0.4 is 9.64 Å². The lowest BCUT2D eigenvalue weighted by molar-refractivity contribution is -0.114. The molecule has 130 valence electrons. The van der Waals surface area contributed by atoms with Gasteiger partial charge in [-0.1, -0.05) is 23.8 Å². The van der Waals surface area contributed by atoms with Crippen LogP contribution in [0.3, 0.4) is 0 Å². The molecule has 4 heteroatoms. The number of fused-ring (bicyclic) bond motifs is 1. The highest BCUT2D eigenvalue weighted by Gasteiger charge is 2.35. The number of hydrogen-bond donors (Lipinski definition) is 0. The van der Waals surface area contributed by atoms with Crippen molar-refractivity contribution >= 4 is 17.4 Å². The van der Waals surface area contributed by atoms with Crippen LogP contribution in [0.2, 0.25) is 0 Å². The number of ether oxygens (including phenoxy) is 1. The number of nitrogens with zero attached hydrogens (tertiary/aromatic N) is 1. The van der Waals surface area contributed by atoms with Crippen LogP contribution in [-0.2, 0) is 4.79 Å². The minimum absolute atomic E-state index is 0.398. The number of anilines is 1. The second kappa shape index (κ2) is 7.09. The first-order valence-electron chi connectivity index (χ1n) is 8.64. The second-order valence-corrected chi connectivity index (χ2v) is 6.63. The van der Waals surface area contributed by atoms with Crippen LogP contribution in [0.4, 0.5) is 5.69 Å². The van der Waals surface area contributed by atoms with Crippen molar-refractivity contribution in [3.8, 4) is 5.75 Å². The lowest BCUT2D eigenvalue weighted by atomic mass is 10.1. The molecule has 0 bridgehead atoms. The van der Waals surface area contributed by atoms with Crippen molar-refractivity contribution in [3.63, 3.8) is 0 Å². The maximum atomic E-state index is 12.2. The van der Waals surface area contributed by atoms with Crippen molar-refractivity contribution in [2.75, 3.05) is 18.1 Å². The third-order valence-corrected chi connectivity index (χ3v) is 4.50. The summed E-state index contributed by atoms with van der Waals surface area (Å²) in [4.78, 5) is 25.9. The van der Waals surface area contributed by atoms with Crippen molar-refractivity contribution < 1.29 is 14.3 Å². The largest absolute Gasteiger partial charge is 0.493 e. The van der Waals surface area contributed by atoms with Gasteiger partial charge in [0, 0.05) is 6.54 Å². The van der Waals surface area contributed by atoms with Crippen molar-refractivity contribution in [2.45, 2.75) is 33.6 Å². The van der Waals surface area contributed by atoms with Crippen LogP contribution in [0.15, 0.2) is 36.4 Å². The number of carbonyl (C=O) groups excluding carboxylic acids is 2. The summed E-state index contributed by atoms with van der Waals surface area (Å²) in [7, 11) is 0. The molecule has 0 fully saturated rings. The third-order valence-electron chi connectivity index (χ3n) is 4.50. The molecule has 3 rings (SSSR count). The first kappa shape index (κ1) is 17.2. The van der Waals surface area contributed by atoms with E-state index < -0.39 is 11.7 Å². The fourth-order valence-electron chi connectivity index (χ4n) is 3.05. The lowest BCUT2D eigenvalue weighted by Crippen LogP contribution is -2.30. The number of rotatable bonds is 6. The molecule has 0 radical (unpaired) electrons. The Hall–Kier alpha value is -2.62. The monoisotopic (exact) mass is 337 g/mol. The van der Waals surface area contributed by atoms with Crippen molar-refractivity contribution in [2.24, 2.45) is 0 Å². The molecule has 0 aliphatic carbocycles. The number of aryl methyl sites for hydroxylation is 3. The van der Waals surface area contributed by atoms with Gasteiger partial charge < -0.3 is 9.64 Å². The van der Waals surface area contributed by atoms with Crippen LogP contribution >= 0.6 is 0 Å². The quantitative estimate of drug-likeness (QED) is 0.591. The molecule has 0 saturated carbocycles. The fourth-order valence-corrected chi connectivity index (χ4v) is 3.05. The zero-order chi connectivity index (χ0) is 18.0. The van der Waals surface area contributed by atoms with E-state index >= 15 is 0 Å². The van der Waals surface area contributed by atoms with Crippen LogP contribution in [0, 0.1) is 20.8 Å². The van der Waals surface area contributed by atoms with Gasteiger partial charge in [0.2, 0.25) is 0 Å². The van der Waals surface area contributed by atoms with Gasteiger partial charge >= 0.3 is 0 Å². The van der Waals surface area contributed by atoms with Gasteiger partial charge in [0.15, 0.2) is 0 Å². The summed E-state index contributed by atoms with van der Waals surface area (Å²) in [5, 5.41) is 0. The summed E-state index contributed by atoms with van der Waals surface area (Å²) in [5.74, 6) is 0.0923. The average molecular weight is 337 g/mol. The molecule has 2 aromatic carbocycles. The number of ketones is 1. The van der Waals surface area contributed by atoms with Gasteiger partial charge in [0.25, 0.3) is 11.7 Å². The van der Waals surface area contributed by atoms with Crippen molar-refractivity contribution in [1.29, 1.82) is 0 Å². The van der Waals surface area contributed by atoms with Crippen molar-refractivity contribution in [3.05, 3.63) is 58.7 Å². The highest BCUT2D eigenvalue weighted by atomic mass is 16.5. The maximum Gasteiger partial charge on any atom is 0.299 e. The Morgan fingerprint density at radius 2 is 1.64 bits per heavy atom. The standard InChI is InChI=1S/C21H23NO3/c1-14-7-9-18-17(12-14)20(23)21(24)22(18)10-4-5-11-25-19-13-15(2)6-8-16(19)3/h6-9,12-13H,4-5,10-11H2,1-3H3. The molecule has 0 saturated heterocycles. The molecular weight excluding hydrogens is 314 g/mol. The van der Waals surface area contributed by atoms with Gasteiger partial charge in [-0.15, -0.1) is 0 Å². The van der Waals surface area contributed by atoms with E-state index in [4.69, 9.17) is 4.74 Å². The van der Waals surface area contributed by atoms with E-state index in [1.807, 2.05) is 39.0 Å². The summed E-state index contributed by atoms with van der Waals surface area (Å²) in [6, 6.07) is 11.7. The number of hydrogen-bond acceptors (Lipinski definition) is 3. The minimum atomic E-state index is -0.420. The molecule has 1 aliphatic heterocycles. The zero-order valence-electron chi connectivity index (χ0n) is 15.0. The molecule has 25 heavy (non-hydrogen) atoms. The van der Waals surface area contributed by atoms with E-state index in [9.17, 15) is 9.59 Å². The second-order valence-electron chi connectivity index (χ2n) is 6.63. The highest BCUT2D eigenvalue weighted by Crippen LogP contribution is 2.30. The first-order valence-corrected chi connectivity index (χ1v) is 8.64. The third kappa shape index (κ3) is 3.58. The Morgan fingerprint density at radius 3 is 2.44 bits per heavy atom. The molecule has 1 amide bonds. The molecule has 1 heterocycles. The van der Waals surface area contributed by atoms with Crippen molar-refractivity contribution in [1.82, 2.24) is 0 Å². The topological polar surface area (TPSA) is 46.6 Å². The molecule has 0 aromatic heterocycles. The van der Waals surface area contributed by atoms with E-state index in [0.29, 0.717) is 18.7 Å². The smallest absolute Gasteiger partial charge is 0.299 e. The number of carbonyl (C=O) groups is 2. The van der Waals surface area contributed by atoms with Crippen LogP contribution in [0.1, 0.15) is 39.9 Å². The van der Waals surface area contributed by atoms with Gasteiger partial charge in [0.05, 0.1) is 17.9 Å². The molecule has 0 spiro atoms. The Bertz CT molecular complexity index is 826. The molecule has 4 nitrogen and oxygen atoms in total. The van der Waals surface area contributed by atoms with E-state index in [1.54, 1.807) is 11.0 Å². The van der Waals surface area contributed by atoms with E-state index in [-0.39, 0.29) is 0 Å². The SMILES string of the molecule is Cc1ccc(C)c(OCCCCN2C(=O)C(=O)c3cc(C)ccc32)c1. The van der Waals surface area contributed by atoms with E-state index in [2.05, 4.69) is 12.1 Å². The first-order chi connectivity index (χ1) is 12.0. The molecule has 2 aromatic rings. The summed E-state index contributed by atoms with van der Waals surface area (Å²) in [6.45, 7) is 7.13. The van der Waals surface area contributed by atoms with Gasteiger partial charge in [0.1, 0.15) is 5.75 Å². The summed E-state index contributed by atoms with van der Waals surface area (Å²) >= 11 is 0. The average Bonchev–Trinajstić information content (AvgIpc) is 2.82. The maximum absolute atomic E-state index is 12.2. The van der Waals surface area contributed by atoms with Crippen LogP contribution in [0.5, 0.6) is 5.75 Å². The number of amides is 1. The van der Waals surface area contributed by atoms with Gasteiger partial charge in [-0.25, -0.2) is 0 Å². The normalized spacial score (nSPS) is 13.3. The highest BCUT2D eigenvalue weighted by molar-refractivity contribution is 6.52. The summed E-state index contributed by atoms with van der Waals surface area (Å²) in [6.07, 6.45) is 1.61.